The third-order valence-corrected chi connectivity index (χ3v) is 3.92. The molecule has 3 rings (SSSR count). The summed E-state index contributed by atoms with van der Waals surface area (Å²) in [5.41, 5.74) is 1.20. The van der Waals surface area contributed by atoms with Gasteiger partial charge in [-0.15, -0.1) is 0 Å². The van der Waals surface area contributed by atoms with Crippen molar-refractivity contribution in [1.29, 1.82) is 0 Å². The molecule has 0 radical (unpaired) electrons. The Labute approximate surface area is 159 Å². The summed E-state index contributed by atoms with van der Waals surface area (Å²) in [6.45, 7) is 0. The summed E-state index contributed by atoms with van der Waals surface area (Å²) in [5.74, 6) is -0.147. The summed E-state index contributed by atoms with van der Waals surface area (Å²) in [7, 11) is 1.28. The van der Waals surface area contributed by atoms with E-state index in [4.69, 9.17) is 16.1 Å². The quantitative estimate of drug-likeness (QED) is 0.648. The molecular formula is C18H15ClN4O4. The Balaban J connectivity index is 1.61. The minimum Gasteiger partial charge on any atom is -0.465 e. The van der Waals surface area contributed by atoms with Crippen molar-refractivity contribution in [2.75, 3.05) is 12.4 Å². The molecule has 9 heteroatoms. The van der Waals surface area contributed by atoms with Crippen molar-refractivity contribution in [3.8, 4) is 11.5 Å². The topological polar surface area (TPSA) is 107 Å². The van der Waals surface area contributed by atoms with Gasteiger partial charge < -0.3 is 14.6 Å². The number of carbonyl (C=O) groups excluding carboxylic acids is 2. The number of esters is 1. The standard InChI is InChI=1S/C18H15ClN4O4/c1-26-18(25)11-5-6-12(19)14(10-11)21-15(24)7-8-16-22-17(23-27-16)13-4-2-3-9-20-13/h2-6,9-10H,7-8H2,1H3,(H,21,24). The minimum absolute atomic E-state index is 0.0998. The van der Waals surface area contributed by atoms with E-state index >= 15 is 0 Å². The first-order valence-corrected chi connectivity index (χ1v) is 8.36. The maximum atomic E-state index is 12.2. The van der Waals surface area contributed by atoms with Gasteiger partial charge in [-0.05, 0) is 30.3 Å². The third kappa shape index (κ3) is 4.68. The van der Waals surface area contributed by atoms with E-state index in [1.165, 1.54) is 25.3 Å². The Morgan fingerprint density at radius 1 is 1.26 bits per heavy atom. The highest BCUT2D eigenvalue weighted by atomic mass is 35.5. The fraction of sp³-hybridized carbons (Fsp3) is 0.167. The summed E-state index contributed by atoms with van der Waals surface area (Å²) in [4.78, 5) is 32.1. The van der Waals surface area contributed by atoms with Gasteiger partial charge in [0.25, 0.3) is 0 Å². The number of pyridine rings is 1. The molecule has 8 nitrogen and oxygen atoms in total. The van der Waals surface area contributed by atoms with E-state index < -0.39 is 5.97 Å². The molecule has 0 spiro atoms. The van der Waals surface area contributed by atoms with Gasteiger partial charge in [0.1, 0.15) is 5.69 Å². The number of ether oxygens (including phenoxy) is 1. The molecule has 0 atom stereocenters. The van der Waals surface area contributed by atoms with Crippen molar-refractivity contribution in [2.45, 2.75) is 12.8 Å². The molecule has 0 aliphatic carbocycles. The van der Waals surface area contributed by atoms with Crippen LogP contribution in [-0.2, 0) is 16.0 Å². The number of nitrogens with zero attached hydrogens (tertiary/aromatic N) is 3. The number of aromatic nitrogens is 3. The van der Waals surface area contributed by atoms with Gasteiger partial charge in [-0.3, -0.25) is 9.78 Å². The molecule has 0 aliphatic rings. The molecule has 2 heterocycles. The van der Waals surface area contributed by atoms with E-state index in [9.17, 15) is 9.59 Å². The van der Waals surface area contributed by atoms with Gasteiger partial charge in [-0.25, -0.2) is 4.79 Å². The number of rotatable bonds is 6. The second-order valence-electron chi connectivity index (χ2n) is 5.46. The summed E-state index contributed by atoms with van der Waals surface area (Å²) in [5, 5.41) is 6.82. The van der Waals surface area contributed by atoms with E-state index in [1.54, 1.807) is 18.3 Å². The predicted molar refractivity (Wildman–Crippen MR) is 97.3 cm³/mol. The molecule has 0 saturated heterocycles. The Kier molecular flexibility index (Phi) is 5.77. The Bertz CT molecular complexity index is 959. The van der Waals surface area contributed by atoms with Crippen LogP contribution in [0.1, 0.15) is 22.7 Å². The lowest BCUT2D eigenvalue weighted by Crippen LogP contribution is -2.13. The molecule has 0 bridgehead atoms. The van der Waals surface area contributed by atoms with E-state index in [0.717, 1.165) is 0 Å². The van der Waals surface area contributed by atoms with Gasteiger partial charge >= 0.3 is 5.97 Å². The molecule has 1 N–H and O–H groups in total. The van der Waals surface area contributed by atoms with Crippen molar-refractivity contribution in [3.05, 3.63) is 59.1 Å². The first-order chi connectivity index (χ1) is 13.1. The van der Waals surface area contributed by atoms with Crippen LogP contribution >= 0.6 is 11.6 Å². The fourth-order valence-electron chi connectivity index (χ4n) is 2.25. The van der Waals surface area contributed by atoms with Crippen LogP contribution in [0.3, 0.4) is 0 Å². The highest BCUT2D eigenvalue weighted by Gasteiger charge is 2.14. The summed E-state index contributed by atoms with van der Waals surface area (Å²) >= 11 is 6.06. The van der Waals surface area contributed by atoms with Gasteiger partial charge in [0.15, 0.2) is 0 Å². The Morgan fingerprint density at radius 3 is 2.85 bits per heavy atom. The molecule has 3 aromatic rings. The van der Waals surface area contributed by atoms with Crippen molar-refractivity contribution in [2.24, 2.45) is 0 Å². The second kappa shape index (κ2) is 8.41. The molecule has 1 amide bonds. The van der Waals surface area contributed by atoms with Crippen molar-refractivity contribution in [1.82, 2.24) is 15.1 Å². The number of nitrogens with one attached hydrogen (secondary N) is 1. The molecule has 0 saturated carbocycles. The number of methoxy groups -OCH3 is 1. The van der Waals surface area contributed by atoms with Gasteiger partial charge in [0.2, 0.25) is 17.6 Å². The number of carbonyl (C=O) groups is 2. The molecule has 0 fully saturated rings. The van der Waals surface area contributed by atoms with E-state index in [2.05, 4.69) is 25.2 Å². The number of benzene rings is 1. The molecule has 138 valence electrons. The SMILES string of the molecule is COC(=O)c1ccc(Cl)c(NC(=O)CCc2nc(-c3ccccn3)no2)c1. The first-order valence-electron chi connectivity index (χ1n) is 7.98. The van der Waals surface area contributed by atoms with Crippen LogP contribution in [0.2, 0.25) is 5.02 Å². The van der Waals surface area contributed by atoms with Crippen LogP contribution in [0, 0.1) is 0 Å². The number of hydrogen-bond donors (Lipinski definition) is 1. The maximum absolute atomic E-state index is 12.2. The largest absolute Gasteiger partial charge is 0.465 e. The number of aryl methyl sites for hydroxylation is 1. The van der Waals surface area contributed by atoms with Gasteiger partial charge in [0.05, 0.1) is 23.4 Å². The first kappa shape index (κ1) is 18.5. The van der Waals surface area contributed by atoms with Gasteiger partial charge in [-0.1, -0.05) is 22.8 Å². The van der Waals surface area contributed by atoms with Crippen LogP contribution in [0.15, 0.2) is 47.1 Å². The van der Waals surface area contributed by atoms with Crippen LogP contribution in [0.25, 0.3) is 11.5 Å². The average molecular weight is 387 g/mol. The molecule has 0 aliphatic heterocycles. The number of amides is 1. The lowest BCUT2D eigenvalue weighted by molar-refractivity contribution is -0.116. The molecule has 27 heavy (non-hydrogen) atoms. The number of anilines is 1. The van der Waals surface area contributed by atoms with E-state index in [1.807, 2.05) is 6.07 Å². The highest BCUT2D eigenvalue weighted by Crippen LogP contribution is 2.24. The predicted octanol–water partition coefficient (Wildman–Crippen LogP) is 3.14. The second-order valence-corrected chi connectivity index (χ2v) is 5.87. The molecule has 1 aromatic carbocycles. The Hall–Kier alpha value is -3.26. The van der Waals surface area contributed by atoms with Crippen molar-refractivity contribution < 1.29 is 18.8 Å². The van der Waals surface area contributed by atoms with Gasteiger partial charge in [-0.2, -0.15) is 4.98 Å². The highest BCUT2D eigenvalue weighted by molar-refractivity contribution is 6.33. The number of hydrogen-bond acceptors (Lipinski definition) is 7. The van der Waals surface area contributed by atoms with E-state index in [0.29, 0.717) is 28.1 Å². The summed E-state index contributed by atoms with van der Waals surface area (Å²) in [6.07, 6.45) is 1.98. The van der Waals surface area contributed by atoms with Gasteiger partial charge in [0, 0.05) is 19.0 Å². The average Bonchev–Trinajstić information content (AvgIpc) is 3.17. The van der Waals surface area contributed by atoms with Crippen LogP contribution < -0.4 is 5.32 Å². The zero-order chi connectivity index (χ0) is 19.2. The fourth-order valence-corrected chi connectivity index (χ4v) is 2.42. The van der Waals surface area contributed by atoms with Crippen LogP contribution in [0.4, 0.5) is 5.69 Å². The van der Waals surface area contributed by atoms with Crippen LogP contribution in [-0.4, -0.2) is 34.1 Å². The summed E-state index contributed by atoms with van der Waals surface area (Å²) < 4.78 is 9.79. The monoisotopic (exact) mass is 386 g/mol. The molecule has 0 unspecified atom stereocenters. The van der Waals surface area contributed by atoms with Crippen molar-refractivity contribution >= 4 is 29.2 Å². The van der Waals surface area contributed by atoms with Crippen LogP contribution in [0.5, 0.6) is 0 Å². The zero-order valence-corrected chi connectivity index (χ0v) is 15.1. The van der Waals surface area contributed by atoms with Crippen molar-refractivity contribution in [3.63, 3.8) is 0 Å². The lowest BCUT2D eigenvalue weighted by Gasteiger charge is -2.08. The smallest absolute Gasteiger partial charge is 0.337 e. The van der Waals surface area contributed by atoms with E-state index in [-0.39, 0.29) is 24.3 Å². The molecular weight excluding hydrogens is 372 g/mol. The normalized spacial score (nSPS) is 10.4. The summed E-state index contributed by atoms with van der Waals surface area (Å²) in [6, 6.07) is 9.85. The number of halogens is 1. The zero-order valence-electron chi connectivity index (χ0n) is 14.3. The third-order valence-electron chi connectivity index (χ3n) is 3.59. The molecule has 2 aromatic heterocycles. The maximum Gasteiger partial charge on any atom is 0.337 e. The lowest BCUT2D eigenvalue weighted by atomic mass is 10.2. The minimum atomic E-state index is -0.518. The Morgan fingerprint density at radius 2 is 2.11 bits per heavy atom.